The molecule has 0 saturated heterocycles. The van der Waals surface area contributed by atoms with Crippen LogP contribution in [-0.4, -0.2) is 39.2 Å². The second-order valence-corrected chi connectivity index (χ2v) is 7.65. The highest BCUT2D eigenvalue weighted by atomic mass is 16.5. The van der Waals surface area contributed by atoms with E-state index in [0.717, 1.165) is 5.56 Å². The molecule has 156 valence electrons. The first-order valence-corrected chi connectivity index (χ1v) is 9.28. The largest absolute Gasteiger partial charge is 0.493 e. The maximum Gasteiger partial charge on any atom is 0.339 e. The molecule has 0 fully saturated rings. The van der Waals surface area contributed by atoms with Gasteiger partial charge in [-0.05, 0) is 30.0 Å². The molecule has 0 saturated carbocycles. The van der Waals surface area contributed by atoms with Crippen LogP contribution in [0.4, 0.5) is 0 Å². The van der Waals surface area contributed by atoms with Gasteiger partial charge in [-0.2, -0.15) is 0 Å². The number of Topliss-reactive ketones (excluding diaryl/α,β-unsaturated/α-hetero) is 1. The van der Waals surface area contributed by atoms with Gasteiger partial charge in [0.2, 0.25) is 11.5 Å². The van der Waals surface area contributed by atoms with Crippen molar-refractivity contribution >= 4 is 11.8 Å². The lowest BCUT2D eigenvalue weighted by Crippen LogP contribution is -2.24. The molecule has 0 aliphatic rings. The summed E-state index contributed by atoms with van der Waals surface area (Å²) < 4.78 is 21.1. The highest BCUT2D eigenvalue weighted by molar-refractivity contribution is 6.01. The predicted molar refractivity (Wildman–Crippen MR) is 110 cm³/mol. The molecule has 0 spiro atoms. The zero-order chi connectivity index (χ0) is 21.8. The Bertz CT molecular complexity index is 852. The van der Waals surface area contributed by atoms with E-state index in [1.165, 1.54) is 33.5 Å². The van der Waals surface area contributed by atoms with E-state index < -0.39 is 12.1 Å². The summed E-state index contributed by atoms with van der Waals surface area (Å²) in [6, 6.07) is 10.3. The fraction of sp³-hybridized carbons (Fsp3) is 0.391. The summed E-state index contributed by atoms with van der Waals surface area (Å²) >= 11 is 0. The zero-order valence-electron chi connectivity index (χ0n) is 18.0. The van der Waals surface area contributed by atoms with Crippen LogP contribution in [-0.2, 0) is 10.2 Å². The third kappa shape index (κ3) is 5.08. The molecule has 0 radical (unpaired) electrons. The average molecular weight is 400 g/mol. The number of esters is 1. The fourth-order valence-electron chi connectivity index (χ4n) is 2.85. The molecule has 0 heterocycles. The minimum atomic E-state index is -0.943. The van der Waals surface area contributed by atoms with E-state index in [0.29, 0.717) is 22.8 Å². The molecule has 6 heteroatoms. The smallest absolute Gasteiger partial charge is 0.339 e. The van der Waals surface area contributed by atoms with E-state index in [1.807, 2.05) is 12.1 Å². The standard InChI is InChI=1S/C23H28O6/c1-14(20(24)15-8-10-17(11-9-15)23(2,3)4)29-22(25)16-12-18(26-5)21(28-7)19(13-16)27-6/h8-14H,1-7H3/t14-/m1/s1. The van der Waals surface area contributed by atoms with Crippen molar-refractivity contribution in [3.63, 3.8) is 0 Å². The Morgan fingerprint density at radius 1 is 0.828 bits per heavy atom. The molecule has 29 heavy (non-hydrogen) atoms. The lowest BCUT2D eigenvalue weighted by Gasteiger charge is -2.19. The Balaban J connectivity index is 2.19. The van der Waals surface area contributed by atoms with E-state index in [1.54, 1.807) is 19.1 Å². The summed E-state index contributed by atoms with van der Waals surface area (Å²) in [5.41, 5.74) is 1.80. The lowest BCUT2D eigenvalue weighted by molar-refractivity contribution is 0.0318. The molecule has 6 nitrogen and oxygen atoms in total. The third-order valence-electron chi connectivity index (χ3n) is 4.59. The van der Waals surface area contributed by atoms with Crippen molar-refractivity contribution < 1.29 is 28.5 Å². The third-order valence-corrected chi connectivity index (χ3v) is 4.59. The van der Waals surface area contributed by atoms with Crippen LogP contribution in [0.25, 0.3) is 0 Å². The summed E-state index contributed by atoms with van der Waals surface area (Å²) in [6.07, 6.45) is -0.943. The summed E-state index contributed by atoms with van der Waals surface area (Å²) in [6.45, 7) is 7.86. The van der Waals surface area contributed by atoms with E-state index in [2.05, 4.69) is 20.8 Å². The van der Waals surface area contributed by atoms with Crippen molar-refractivity contribution in [3.05, 3.63) is 53.1 Å². The molecule has 0 aliphatic heterocycles. The molecular weight excluding hydrogens is 372 g/mol. The van der Waals surface area contributed by atoms with Crippen molar-refractivity contribution in [2.45, 2.75) is 39.2 Å². The van der Waals surface area contributed by atoms with Crippen LogP contribution in [0.5, 0.6) is 17.2 Å². The number of ketones is 1. The Kier molecular flexibility index (Phi) is 6.90. The molecule has 2 rings (SSSR count). The maximum atomic E-state index is 12.7. The van der Waals surface area contributed by atoms with Gasteiger partial charge in [-0.25, -0.2) is 4.79 Å². The van der Waals surface area contributed by atoms with Crippen LogP contribution in [0.3, 0.4) is 0 Å². The number of ether oxygens (including phenoxy) is 4. The fourth-order valence-corrected chi connectivity index (χ4v) is 2.85. The number of hydrogen-bond acceptors (Lipinski definition) is 6. The molecule has 2 aromatic rings. The van der Waals surface area contributed by atoms with Crippen molar-refractivity contribution in [1.29, 1.82) is 0 Å². The normalized spacial score (nSPS) is 12.1. The van der Waals surface area contributed by atoms with Crippen molar-refractivity contribution in [3.8, 4) is 17.2 Å². The Hall–Kier alpha value is -3.02. The van der Waals surface area contributed by atoms with Crippen LogP contribution < -0.4 is 14.2 Å². The van der Waals surface area contributed by atoms with Gasteiger partial charge in [-0.1, -0.05) is 45.0 Å². The molecule has 0 N–H and O–H groups in total. The SMILES string of the molecule is COc1cc(C(=O)O[C@H](C)C(=O)c2ccc(C(C)(C)C)cc2)cc(OC)c1OC. The van der Waals surface area contributed by atoms with E-state index in [4.69, 9.17) is 18.9 Å². The number of benzene rings is 2. The molecule has 0 unspecified atom stereocenters. The van der Waals surface area contributed by atoms with Crippen LogP contribution in [0.2, 0.25) is 0 Å². The average Bonchev–Trinajstić information content (AvgIpc) is 2.71. The maximum absolute atomic E-state index is 12.7. The van der Waals surface area contributed by atoms with Crippen LogP contribution in [0, 0.1) is 0 Å². The Morgan fingerprint density at radius 2 is 1.34 bits per heavy atom. The molecular formula is C23H28O6. The van der Waals surface area contributed by atoms with Gasteiger partial charge in [0.1, 0.15) is 0 Å². The monoisotopic (exact) mass is 400 g/mol. The van der Waals surface area contributed by atoms with Crippen LogP contribution >= 0.6 is 0 Å². The number of hydrogen-bond donors (Lipinski definition) is 0. The van der Waals surface area contributed by atoms with Crippen LogP contribution in [0.1, 0.15) is 54.0 Å². The van der Waals surface area contributed by atoms with E-state index >= 15 is 0 Å². The minimum Gasteiger partial charge on any atom is -0.493 e. The highest BCUT2D eigenvalue weighted by Crippen LogP contribution is 2.38. The zero-order valence-corrected chi connectivity index (χ0v) is 18.0. The quantitative estimate of drug-likeness (QED) is 0.505. The first-order chi connectivity index (χ1) is 13.6. The minimum absolute atomic E-state index is 0.00780. The highest BCUT2D eigenvalue weighted by Gasteiger charge is 2.23. The molecule has 1 atom stereocenters. The van der Waals surface area contributed by atoms with E-state index in [9.17, 15) is 9.59 Å². The number of rotatable bonds is 7. The van der Waals surface area contributed by atoms with Gasteiger partial charge in [-0.15, -0.1) is 0 Å². The predicted octanol–water partition coefficient (Wildman–Crippen LogP) is 4.44. The Labute approximate surface area is 171 Å². The molecule has 2 aromatic carbocycles. The number of carbonyl (C=O) groups excluding carboxylic acids is 2. The molecule has 0 aromatic heterocycles. The van der Waals surface area contributed by atoms with Crippen LogP contribution in [0.15, 0.2) is 36.4 Å². The topological polar surface area (TPSA) is 71.1 Å². The first-order valence-electron chi connectivity index (χ1n) is 9.28. The molecule has 0 bridgehead atoms. The molecule has 0 aliphatic carbocycles. The Morgan fingerprint density at radius 3 is 1.76 bits per heavy atom. The van der Waals surface area contributed by atoms with Gasteiger partial charge in [0.25, 0.3) is 0 Å². The summed E-state index contributed by atoms with van der Waals surface area (Å²) in [4.78, 5) is 25.3. The van der Waals surface area contributed by atoms with Gasteiger partial charge in [0.05, 0.1) is 26.9 Å². The van der Waals surface area contributed by atoms with Gasteiger partial charge in [0.15, 0.2) is 17.6 Å². The number of carbonyl (C=O) groups is 2. The van der Waals surface area contributed by atoms with Crippen molar-refractivity contribution in [2.24, 2.45) is 0 Å². The van der Waals surface area contributed by atoms with E-state index in [-0.39, 0.29) is 16.8 Å². The van der Waals surface area contributed by atoms with Gasteiger partial charge < -0.3 is 18.9 Å². The summed E-state index contributed by atoms with van der Waals surface area (Å²) in [5, 5.41) is 0. The lowest BCUT2D eigenvalue weighted by atomic mass is 9.86. The second kappa shape index (κ2) is 8.99. The summed E-state index contributed by atoms with van der Waals surface area (Å²) in [5.74, 6) is 0.100. The second-order valence-electron chi connectivity index (χ2n) is 7.65. The van der Waals surface area contributed by atoms with Gasteiger partial charge >= 0.3 is 5.97 Å². The summed E-state index contributed by atoms with van der Waals surface area (Å²) in [7, 11) is 4.39. The van der Waals surface area contributed by atoms with Crippen molar-refractivity contribution in [1.82, 2.24) is 0 Å². The van der Waals surface area contributed by atoms with Gasteiger partial charge in [0, 0.05) is 5.56 Å². The molecule has 0 amide bonds. The van der Waals surface area contributed by atoms with Crippen molar-refractivity contribution in [2.75, 3.05) is 21.3 Å². The number of methoxy groups -OCH3 is 3. The van der Waals surface area contributed by atoms with Gasteiger partial charge in [-0.3, -0.25) is 4.79 Å². The first kappa shape index (κ1) is 22.3.